The number of β-amino-alcohol motifs (C(OH)–C–C–N with tert-alkyl or cyclic N) is 1. The van der Waals surface area contributed by atoms with Gasteiger partial charge in [0.2, 0.25) is 5.89 Å². The molecule has 0 aromatic carbocycles. The minimum atomic E-state index is -0.296. The van der Waals surface area contributed by atoms with E-state index in [-0.39, 0.29) is 12.1 Å². The smallest absolute Gasteiger partial charge is 0.243 e. The van der Waals surface area contributed by atoms with Crippen molar-refractivity contribution in [1.82, 2.24) is 15.5 Å². The third-order valence-electron chi connectivity index (χ3n) is 4.57. The summed E-state index contributed by atoms with van der Waals surface area (Å²) in [5.41, 5.74) is 0.459. The van der Waals surface area contributed by atoms with Gasteiger partial charge in [-0.25, -0.2) is 0 Å². The molecule has 0 spiro atoms. The van der Waals surface area contributed by atoms with E-state index in [4.69, 9.17) is 4.52 Å². The lowest BCUT2D eigenvalue weighted by Crippen LogP contribution is -2.21. The topological polar surface area (TPSA) is 71.2 Å². The minimum absolute atomic E-state index is 0.0243. The molecule has 1 saturated carbocycles. The molecule has 2 N–H and O–H groups in total. The summed E-state index contributed by atoms with van der Waals surface area (Å²) in [6.07, 6.45) is 5.11. The molecule has 19 heavy (non-hydrogen) atoms. The lowest BCUT2D eigenvalue weighted by atomic mass is 9.73. The van der Waals surface area contributed by atoms with Crippen LogP contribution in [0.25, 0.3) is 0 Å². The summed E-state index contributed by atoms with van der Waals surface area (Å²) < 4.78 is 5.37. The third-order valence-corrected chi connectivity index (χ3v) is 4.57. The van der Waals surface area contributed by atoms with E-state index < -0.39 is 0 Å². The summed E-state index contributed by atoms with van der Waals surface area (Å²) in [6, 6.07) is 0.0243. The number of nitrogens with one attached hydrogen (secondary N) is 1. The molecule has 0 amide bonds. The van der Waals surface area contributed by atoms with Gasteiger partial charge in [-0.2, -0.15) is 4.98 Å². The molecule has 2 heterocycles. The van der Waals surface area contributed by atoms with E-state index in [2.05, 4.69) is 29.3 Å². The minimum Gasteiger partial charge on any atom is -0.392 e. The van der Waals surface area contributed by atoms with Crippen molar-refractivity contribution in [3.8, 4) is 0 Å². The number of aliphatic hydroxyl groups is 1. The molecule has 0 bridgehead atoms. The van der Waals surface area contributed by atoms with Crippen molar-refractivity contribution in [3.05, 3.63) is 11.7 Å². The highest BCUT2D eigenvalue weighted by Crippen LogP contribution is 2.41. The van der Waals surface area contributed by atoms with Gasteiger partial charge in [0.1, 0.15) is 0 Å². The van der Waals surface area contributed by atoms with Crippen molar-refractivity contribution in [2.45, 2.75) is 64.0 Å². The Hall–Kier alpha value is -0.940. The summed E-state index contributed by atoms with van der Waals surface area (Å²) in [5, 5.41) is 16.9. The Morgan fingerprint density at radius 2 is 2.05 bits per heavy atom. The van der Waals surface area contributed by atoms with E-state index in [9.17, 15) is 5.11 Å². The Kier molecular flexibility index (Phi) is 3.35. The Morgan fingerprint density at radius 3 is 2.68 bits per heavy atom. The molecule has 5 nitrogen and oxygen atoms in total. The zero-order valence-electron chi connectivity index (χ0n) is 11.7. The largest absolute Gasteiger partial charge is 0.392 e. The monoisotopic (exact) mass is 265 g/mol. The molecule has 1 aliphatic carbocycles. The Labute approximate surface area is 113 Å². The van der Waals surface area contributed by atoms with Crippen LogP contribution in [0.3, 0.4) is 0 Å². The summed E-state index contributed by atoms with van der Waals surface area (Å²) in [5.74, 6) is 1.93. The maximum absolute atomic E-state index is 9.52. The molecule has 106 valence electrons. The summed E-state index contributed by atoms with van der Waals surface area (Å²) in [7, 11) is 0. The fourth-order valence-corrected chi connectivity index (χ4v) is 3.12. The van der Waals surface area contributed by atoms with Crippen molar-refractivity contribution >= 4 is 0 Å². The quantitative estimate of drug-likeness (QED) is 0.857. The van der Waals surface area contributed by atoms with Gasteiger partial charge in [0, 0.05) is 12.5 Å². The van der Waals surface area contributed by atoms with Crippen molar-refractivity contribution in [2.75, 3.05) is 6.54 Å². The zero-order chi connectivity index (χ0) is 13.5. The van der Waals surface area contributed by atoms with E-state index >= 15 is 0 Å². The van der Waals surface area contributed by atoms with Crippen LogP contribution in [-0.2, 0) is 0 Å². The predicted molar refractivity (Wildman–Crippen MR) is 70.7 cm³/mol. The number of nitrogens with zero attached hydrogens (tertiary/aromatic N) is 2. The standard InChI is InChI=1S/C14H23N3O2/c1-14(2)5-3-9(4-6-14)12-16-13(19-17-12)11-7-10(18)8-15-11/h9-11,15,18H,3-8H2,1-2H3/t10-,11-/m1/s1. The Morgan fingerprint density at radius 1 is 1.32 bits per heavy atom. The molecule has 2 fully saturated rings. The number of hydrogen-bond acceptors (Lipinski definition) is 5. The second-order valence-electron chi connectivity index (χ2n) is 6.78. The second-order valence-corrected chi connectivity index (χ2v) is 6.78. The SMILES string of the molecule is CC1(C)CCC(c2noc([C@H]3C[C@@H](O)CN3)n2)CC1. The fraction of sp³-hybridized carbons (Fsp3) is 0.857. The van der Waals surface area contributed by atoms with Gasteiger partial charge in [0.25, 0.3) is 0 Å². The van der Waals surface area contributed by atoms with E-state index in [1.165, 1.54) is 12.8 Å². The van der Waals surface area contributed by atoms with Crippen molar-refractivity contribution in [2.24, 2.45) is 5.41 Å². The van der Waals surface area contributed by atoms with Crippen molar-refractivity contribution < 1.29 is 9.63 Å². The molecular formula is C14H23N3O2. The zero-order valence-corrected chi connectivity index (χ0v) is 11.7. The lowest BCUT2D eigenvalue weighted by Gasteiger charge is -2.32. The van der Waals surface area contributed by atoms with Gasteiger partial charge in [-0.15, -0.1) is 0 Å². The first kappa shape index (κ1) is 13.1. The van der Waals surface area contributed by atoms with Gasteiger partial charge in [-0.1, -0.05) is 19.0 Å². The van der Waals surface area contributed by atoms with Crippen molar-refractivity contribution in [3.63, 3.8) is 0 Å². The lowest BCUT2D eigenvalue weighted by molar-refractivity contribution is 0.191. The molecule has 5 heteroatoms. The van der Waals surface area contributed by atoms with Gasteiger partial charge in [0.15, 0.2) is 5.82 Å². The summed E-state index contributed by atoms with van der Waals surface area (Å²) >= 11 is 0. The fourth-order valence-electron chi connectivity index (χ4n) is 3.12. The van der Waals surface area contributed by atoms with Crippen LogP contribution in [0.4, 0.5) is 0 Å². The average Bonchev–Trinajstić information content (AvgIpc) is 2.97. The molecule has 1 aliphatic heterocycles. The van der Waals surface area contributed by atoms with Crippen LogP contribution in [0, 0.1) is 5.41 Å². The Balaban J connectivity index is 1.65. The van der Waals surface area contributed by atoms with E-state index in [1.807, 2.05) is 0 Å². The van der Waals surface area contributed by atoms with Gasteiger partial charge < -0.3 is 14.9 Å². The van der Waals surface area contributed by atoms with E-state index in [1.54, 1.807) is 0 Å². The van der Waals surface area contributed by atoms with Crippen LogP contribution in [0.1, 0.15) is 69.6 Å². The first-order valence-corrected chi connectivity index (χ1v) is 7.28. The highest BCUT2D eigenvalue weighted by Gasteiger charge is 2.32. The molecular weight excluding hydrogens is 242 g/mol. The normalized spacial score (nSPS) is 31.7. The Bertz CT molecular complexity index is 434. The van der Waals surface area contributed by atoms with Crippen LogP contribution in [0.15, 0.2) is 4.52 Å². The highest BCUT2D eigenvalue weighted by atomic mass is 16.5. The van der Waals surface area contributed by atoms with Gasteiger partial charge in [0.05, 0.1) is 12.1 Å². The third kappa shape index (κ3) is 2.82. The van der Waals surface area contributed by atoms with Crippen molar-refractivity contribution in [1.29, 1.82) is 0 Å². The molecule has 2 atom stereocenters. The van der Waals surface area contributed by atoms with Gasteiger partial charge >= 0.3 is 0 Å². The number of rotatable bonds is 2. The maximum Gasteiger partial charge on any atom is 0.243 e. The van der Waals surface area contributed by atoms with Crippen LogP contribution in [0.2, 0.25) is 0 Å². The van der Waals surface area contributed by atoms with Gasteiger partial charge in [-0.3, -0.25) is 0 Å². The van der Waals surface area contributed by atoms with Crippen LogP contribution < -0.4 is 5.32 Å². The predicted octanol–water partition coefficient (Wildman–Crippen LogP) is 2.15. The molecule has 1 saturated heterocycles. The molecule has 2 aliphatic rings. The average molecular weight is 265 g/mol. The second kappa shape index (κ2) is 4.87. The van der Waals surface area contributed by atoms with E-state index in [0.717, 1.165) is 18.7 Å². The first-order valence-electron chi connectivity index (χ1n) is 7.28. The molecule has 0 unspecified atom stereocenters. The molecule has 0 radical (unpaired) electrons. The summed E-state index contributed by atoms with van der Waals surface area (Å²) in [6.45, 7) is 5.27. The van der Waals surface area contributed by atoms with E-state index in [0.29, 0.717) is 30.2 Å². The van der Waals surface area contributed by atoms with Crippen LogP contribution >= 0.6 is 0 Å². The molecule has 3 rings (SSSR count). The molecule has 1 aromatic heterocycles. The number of hydrogen-bond donors (Lipinski definition) is 2. The highest BCUT2D eigenvalue weighted by molar-refractivity contribution is 5.03. The van der Waals surface area contributed by atoms with Crippen LogP contribution in [0.5, 0.6) is 0 Å². The number of aromatic nitrogens is 2. The maximum atomic E-state index is 9.52. The molecule has 1 aromatic rings. The summed E-state index contributed by atoms with van der Waals surface area (Å²) in [4.78, 5) is 4.55. The first-order chi connectivity index (χ1) is 9.03. The van der Waals surface area contributed by atoms with Crippen LogP contribution in [-0.4, -0.2) is 27.9 Å². The number of aliphatic hydroxyl groups excluding tert-OH is 1. The van der Waals surface area contributed by atoms with Gasteiger partial charge in [-0.05, 0) is 37.5 Å².